The molecule has 0 saturated carbocycles. The van der Waals surface area contributed by atoms with Gasteiger partial charge in [0.1, 0.15) is 11.3 Å². The van der Waals surface area contributed by atoms with E-state index in [1.165, 1.54) is 18.7 Å². The molecule has 1 aliphatic heterocycles. The number of likely N-dealkylation sites (N-methyl/N-ethyl adjacent to an activating group) is 1. The summed E-state index contributed by atoms with van der Waals surface area (Å²) in [6.45, 7) is 3.60. The molecule has 0 aliphatic carbocycles. The second-order valence-corrected chi connectivity index (χ2v) is 10.1. The summed E-state index contributed by atoms with van der Waals surface area (Å²) in [5.74, 6) is -0.766. The van der Waals surface area contributed by atoms with Gasteiger partial charge in [0, 0.05) is 41.3 Å². The molecule has 2 amide bonds. The molecule has 0 radical (unpaired) electrons. The maximum Gasteiger partial charge on any atom is 0.324 e. The number of hydrogen-bond acceptors (Lipinski definition) is 5. The van der Waals surface area contributed by atoms with Crippen LogP contribution in [0.15, 0.2) is 59.0 Å². The van der Waals surface area contributed by atoms with E-state index in [1.807, 2.05) is 36.4 Å². The molecule has 1 N–H and O–H groups in total. The van der Waals surface area contributed by atoms with Gasteiger partial charge in [0.2, 0.25) is 11.5 Å². The molecule has 0 atom stereocenters. The van der Waals surface area contributed by atoms with Crippen LogP contribution in [0.5, 0.6) is 0 Å². The highest BCUT2D eigenvalue weighted by Crippen LogP contribution is 2.43. The van der Waals surface area contributed by atoms with Gasteiger partial charge >= 0.3 is 6.03 Å². The lowest BCUT2D eigenvalue weighted by Gasteiger charge is -2.19. The number of rotatable bonds is 5. The predicted molar refractivity (Wildman–Crippen MR) is 141 cm³/mol. The van der Waals surface area contributed by atoms with Crippen molar-refractivity contribution in [3.05, 3.63) is 70.4 Å². The number of pyridine rings is 1. The smallest absolute Gasteiger partial charge is 0.324 e. The van der Waals surface area contributed by atoms with E-state index in [-0.39, 0.29) is 17.5 Å². The van der Waals surface area contributed by atoms with Gasteiger partial charge in [-0.2, -0.15) is 0 Å². The summed E-state index contributed by atoms with van der Waals surface area (Å²) in [5, 5.41) is 12.1. The molecule has 0 bridgehead atoms. The van der Waals surface area contributed by atoms with Gasteiger partial charge < -0.3 is 14.4 Å². The van der Waals surface area contributed by atoms with E-state index in [2.05, 4.69) is 0 Å². The molecule has 0 spiro atoms. The van der Waals surface area contributed by atoms with Gasteiger partial charge in [-0.1, -0.05) is 53.5 Å². The fraction of sp³-hybridized carbons (Fsp3) is 0.222. The molecule has 5 rings (SSSR count). The second-order valence-electron chi connectivity index (χ2n) is 9.25. The molecule has 3 heterocycles. The number of carbonyl (C=O) groups is 2. The number of anilines is 1. The molecule has 36 heavy (non-hydrogen) atoms. The molecule has 9 heteroatoms. The van der Waals surface area contributed by atoms with Crippen LogP contribution >= 0.6 is 23.2 Å². The number of Topliss-reactive ketones (excluding diaryl/α,β-unsaturated/α-hetero) is 1. The van der Waals surface area contributed by atoms with Crippen LogP contribution in [0.4, 0.5) is 10.5 Å². The van der Waals surface area contributed by atoms with Gasteiger partial charge in [-0.3, -0.25) is 9.69 Å². The first kappa shape index (κ1) is 24.3. The SMILES string of the molecule is CN1CCN(c2c(C(=O)C(C)(C)O)oc3nc(-c4ccccc4Cl)c(-c4ccc(Cl)cc4)cc23)C1=O. The Morgan fingerprint density at radius 1 is 1.06 bits per heavy atom. The van der Waals surface area contributed by atoms with Crippen molar-refractivity contribution < 1.29 is 19.1 Å². The molecule has 2 aromatic carbocycles. The van der Waals surface area contributed by atoms with E-state index < -0.39 is 11.4 Å². The number of nitrogens with zero attached hydrogens (tertiary/aromatic N) is 3. The zero-order valence-corrected chi connectivity index (χ0v) is 21.4. The average Bonchev–Trinajstić information content (AvgIpc) is 3.36. The lowest BCUT2D eigenvalue weighted by Crippen LogP contribution is -2.34. The molecular formula is C27H23Cl2N3O4. The number of aromatic nitrogens is 1. The summed E-state index contributed by atoms with van der Waals surface area (Å²) in [7, 11) is 1.69. The first-order chi connectivity index (χ1) is 17.1. The predicted octanol–water partition coefficient (Wildman–Crippen LogP) is 6.29. The zero-order chi connectivity index (χ0) is 25.8. The normalized spacial score (nSPS) is 14.2. The van der Waals surface area contributed by atoms with Gasteiger partial charge in [0.25, 0.3) is 0 Å². The lowest BCUT2D eigenvalue weighted by atomic mass is 9.97. The minimum atomic E-state index is -1.72. The number of halogens is 2. The maximum absolute atomic E-state index is 13.2. The molecule has 0 unspecified atom stereocenters. The highest BCUT2D eigenvalue weighted by molar-refractivity contribution is 6.33. The number of urea groups is 1. The number of aliphatic hydroxyl groups is 1. The van der Waals surface area contributed by atoms with Crippen molar-refractivity contribution >= 4 is 51.8 Å². The Morgan fingerprint density at radius 3 is 2.36 bits per heavy atom. The van der Waals surface area contributed by atoms with E-state index in [9.17, 15) is 14.7 Å². The molecule has 1 aliphatic rings. The Labute approximate surface area is 217 Å². The van der Waals surface area contributed by atoms with E-state index in [0.29, 0.717) is 45.5 Å². The quantitative estimate of drug-likeness (QED) is 0.310. The summed E-state index contributed by atoms with van der Waals surface area (Å²) in [6, 6.07) is 16.1. The number of ketones is 1. The third-order valence-corrected chi connectivity index (χ3v) is 6.77. The number of carbonyl (C=O) groups excluding carboxylic acids is 2. The molecule has 4 aromatic rings. The van der Waals surface area contributed by atoms with Crippen molar-refractivity contribution in [2.24, 2.45) is 0 Å². The van der Waals surface area contributed by atoms with Crippen LogP contribution in [0.25, 0.3) is 33.5 Å². The molecule has 1 fully saturated rings. The minimum Gasteiger partial charge on any atom is -0.432 e. The molecular weight excluding hydrogens is 501 g/mol. The number of amides is 2. The van der Waals surface area contributed by atoms with Gasteiger partial charge in [0.15, 0.2) is 5.76 Å². The Kier molecular flexibility index (Phi) is 6.03. The van der Waals surface area contributed by atoms with Crippen LogP contribution in [-0.2, 0) is 0 Å². The maximum atomic E-state index is 13.2. The van der Waals surface area contributed by atoms with Crippen molar-refractivity contribution in [1.29, 1.82) is 0 Å². The van der Waals surface area contributed by atoms with Gasteiger partial charge in [-0.25, -0.2) is 9.78 Å². The number of fused-ring (bicyclic) bond motifs is 1. The summed E-state index contributed by atoms with van der Waals surface area (Å²) in [5.41, 5.74) is 1.49. The van der Waals surface area contributed by atoms with Crippen LogP contribution in [0, 0.1) is 0 Å². The lowest BCUT2D eigenvalue weighted by molar-refractivity contribution is 0.0462. The van der Waals surface area contributed by atoms with E-state index in [1.54, 1.807) is 30.1 Å². The molecule has 7 nitrogen and oxygen atoms in total. The minimum absolute atomic E-state index is 0.119. The van der Waals surface area contributed by atoms with Crippen molar-refractivity contribution in [2.45, 2.75) is 19.4 Å². The highest BCUT2D eigenvalue weighted by Gasteiger charge is 2.38. The Hall–Kier alpha value is -3.39. The summed E-state index contributed by atoms with van der Waals surface area (Å²) < 4.78 is 6.00. The van der Waals surface area contributed by atoms with Gasteiger partial charge in [-0.15, -0.1) is 0 Å². The van der Waals surface area contributed by atoms with Gasteiger partial charge in [-0.05, 0) is 43.7 Å². The average molecular weight is 524 g/mol. The summed E-state index contributed by atoms with van der Waals surface area (Å²) in [4.78, 5) is 34.1. The first-order valence-electron chi connectivity index (χ1n) is 11.3. The largest absolute Gasteiger partial charge is 0.432 e. The topological polar surface area (TPSA) is 86.9 Å². The number of furan rings is 1. The highest BCUT2D eigenvalue weighted by atomic mass is 35.5. The fourth-order valence-electron chi connectivity index (χ4n) is 4.27. The second kappa shape index (κ2) is 8.92. The van der Waals surface area contributed by atoms with Crippen LogP contribution in [0.2, 0.25) is 10.0 Å². The molecule has 1 saturated heterocycles. The van der Waals surface area contributed by atoms with Crippen LogP contribution < -0.4 is 4.90 Å². The Morgan fingerprint density at radius 2 is 1.75 bits per heavy atom. The van der Waals surface area contributed by atoms with Crippen LogP contribution in [0.3, 0.4) is 0 Å². The van der Waals surface area contributed by atoms with Crippen LogP contribution in [-0.4, -0.2) is 52.5 Å². The zero-order valence-electron chi connectivity index (χ0n) is 19.9. The standard InChI is InChI=1S/C27H23Cl2N3O4/c1-27(2,35)24(33)23-22(32-13-12-31(3)26(32)34)19-14-18(15-8-10-16(28)11-9-15)21(30-25(19)36-23)17-6-4-5-7-20(17)29/h4-11,14,35H,12-13H2,1-3H3. The third kappa shape index (κ3) is 4.13. The van der Waals surface area contributed by atoms with Crippen molar-refractivity contribution in [3.8, 4) is 22.4 Å². The number of benzene rings is 2. The van der Waals surface area contributed by atoms with Crippen molar-refractivity contribution in [3.63, 3.8) is 0 Å². The Bertz CT molecular complexity index is 1510. The first-order valence-corrected chi connectivity index (χ1v) is 12.1. The number of hydrogen-bond donors (Lipinski definition) is 1. The molecule has 184 valence electrons. The molecule has 2 aromatic heterocycles. The van der Waals surface area contributed by atoms with Crippen LogP contribution in [0.1, 0.15) is 24.4 Å². The van der Waals surface area contributed by atoms with E-state index >= 15 is 0 Å². The summed E-state index contributed by atoms with van der Waals surface area (Å²) in [6.07, 6.45) is 0. The summed E-state index contributed by atoms with van der Waals surface area (Å²) >= 11 is 12.7. The third-order valence-electron chi connectivity index (χ3n) is 6.19. The van der Waals surface area contributed by atoms with E-state index in [4.69, 9.17) is 32.6 Å². The monoisotopic (exact) mass is 523 g/mol. The van der Waals surface area contributed by atoms with Crippen molar-refractivity contribution in [1.82, 2.24) is 9.88 Å². The van der Waals surface area contributed by atoms with Crippen molar-refractivity contribution in [2.75, 3.05) is 25.0 Å². The Balaban J connectivity index is 1.85. The fourth-order valence-corrected chi connectivity index (χ4v) is 4.62. The van der Waals surface area contributed by atoms with E-state index in [0.717, 1.165) is 11.1 Å². The van der Waals surface area contributed by atoms with Gasteiger partial charge in [0.05, 0.1) is 11.1 Å².